The molecule has 5 nitrogen and oxygen atoms in total. The summed E-state index contributed by atoms with van der Waals surface area (Å²) in [5.41, 5.74) is 5.92. The molecule has 0 aliphatic rings. The van der Waals surface area contributed by atoms with Gasteiger partial charge in [0.1, 0.15) is 0 Å². The molecular formula is C8H6ClN3O2. The van der Waals surface area contributed by atoms with Gasteiger partial charge in [-0.1, -0.05) is 11.6 Å². The van der Waals surface area contributed by atoms with Crippen LogP contribution in [0.2, 0.25) is 5.02 Å². The number of carboxylic acid groups (broad SMARTS) is 1. The third kappa shape index (κ3) is 1.18. The van der Waals surface area contributed by atoms with Gasteiger partial charge in [-0.2, -0.15) is 4.68 Å². The van der Waals surface area contributed by atoms with Crippen molar-refractivity contribution in [1.29, 1.82) is 0 Å². The Hall–Kier alpha value is -1.75. The van der Waals surface area contributed by atoms with Crippen LogP contribution in [0.15, 0.2) is 18.2 Å². The zero-order valence-corrected chi connectivity index (χ0v) is 7.69. The van der Waals surface area contributed by atoms with E-state index in [9.17, 15) is 4.79 Å². The van der Waals surface area contributed by atoms with Crippen LogP contribution < -0.4 is 5.73 Å². The lowest BCUT2D eigenvalue weighted by molar-refractivity contribution is 0.194. The maximum absolute atomic E-state index is 10.7. The Morgan fingerprint density at radius 3 is 2.93 bits per heavy atom. The van der Waals surface area contributed by atoms with Gasteiger partial charge in [0.05, 0.1) is 5.52 Å². The molecule has 0 saturated carbocycles. The smallest absolute Gasteiger partial charge is 0.432 e. The Bertz CT molecular complexity index is 521. The topological polar surface area (TPSA) is 81.1 Å². The van der Waals surface area contributed by atoms with E-state index in [1.54, 1.807) is 12.1 Å². The summed E-state index contributed by atoms with van der Waals surface area (Å²) in [5.74, 6) is 0.180. The van der Waals surface area contributed by atoms with Gasteiger partial charge in [0, 0.05) is 10.4 Å². The van der Waals surface area contributed by atoms with E-state index in [2.05, 4.69) is 5.10 Å². The van der Waals surface area contributed by atoms with Crippen LogP contribution in [0.3, 0.4) is 0 Å². The van der Waals surface area contributed by atoms with Crippen LogP contribution >= 0.6 is 11.6 Å². The van der Waals surface area contributed by atoms with Gasteiger partial charge in [-0.15, -0.1) is 5.10 Å². The van der Waals surface area contributed by atoms with Gasteiger partial charge in [-0.3, -0.25) is 0 Å². The second kappa shape index (κ2) is 2.88. The van der Waals surface area contributed by atoms with Crippen LogP contribution in [0, 0.1) is 0 Å². The van der Waals surface area contributed by atoms with Gasteiger partial charge in [0.25, 0.3) is 0 Å². The minimum absolute atomic E-state index is 0.180. The summed E-state index contributed by atoms with van der Waals surface area (Å²) in [5, 5.41) is 13.5. The SMILES string of the molecule is Nc1nn(C(=O)O)c2cc(Cl)ccc12. The fraction of sp³-hybridized carbons (Fsp3) is 0. The van der Waals surface area contributed by atoms with Crippen molar-refractivity contribution >= 4 is 34.4 Å². The van der Waals surface area contributed by atoms with Crippen LogP contribution in [0.4, 0.5) is 10.6 Å². The third-order valence-electron chi connectivity index (χ3n) is 1.85. The summed E-state index contributed by atoms with van der Waals surface area (Å²) in [7, 11) is 0. The summed E-state index contributed by atoms with van der Waals surface area (Å²) >= 11 is 5.73. The van der Waals surface area contributed by atoms with Crippen molar-refractivity contribution in [3.8, 4) is 0 Å². The average molecular weight is 212 g/mol. The predicted octanol–water partition coefficient (Wildman–Crippen LogP) is 1.80. The molecule has 0 aliphatic carbocycles. The Labute approximate surface area is 83.7 Å². The van der Waals surface area contributed by atoms with Crippen LogP contribution in [-0.4, -0.2) is 21.0 Å². The van der Waals surface area contributed by atoms with Gasteiger partial charge in [0.2, 0.25) is 0 Å². The standard InChI is InChI=1S/C8H6ClN3O2/c9-4-1-2-5-6(3-4)12(8(13)14)11-7(5)10/h1-3H,(H2,10,11)(H,13,14). The molecule has 0 saturated heterocycles. The van der Waals surface area contributed by atoms with E-state index >= 15 is 0 Å². The molecule has 0 bridgehead atoms. The van der Waals surface area contributed by atoms with Crippen molar-refractivity contribution < 1.29 is 9.90 Å². The largest absolute Gasteiger partial charge is 0.463 e. The van der Waals surface area contributed by atoms with E-state index in [4.69, 9.17) is 22.4 Å². The number of anilines is 1. The van der Waals surface area contributed by atoms with Crippen LogP contribution in [0.25, 0.3) is 10.9 Å². The lowest BCUT2D eigenvalue weighted by atomic mass is 10.2. The number of aromatic nitrogens is 2. The molecule has 6 heteroatoms. The minimum atomic E-state index is -1.19. The van der Waals surface area contributed by atoms with E-state index in [1.165, 1.54) is 6.07 Å². The number of halogens is 1. The zero-order chi connectivity index (χ0) is 10.3. The normalized spacial score (nSPS) is 10.6. The summed E-state index contributed by atoms with van der Waals surface area (Å²) < 4.78 is 0.802. The fourth-order valence-corrected chi connectivity index (χ4v) is 1.42. The summed E-state index contributed by atoms with van der Waals surface area (Å²) in [6.07, 6.45) is -1.19. The lowest BCUT2D eigenvalue weighted by Crippen LogP contribution is -2.09. The van der Waals surface area contributed by atoms with Gasteiger partial charge < -0.3 is 10.8 Å². The Balaban J connectivity index is 2.85. The number of rotatable bonds is 0. The number of nitrogen functional groups attached to an aromatic ring is 1. The molecule has 72 valence electrons. The van der Waals surface area contributed by atoms with Gasteiger partial charge in [-0.25, -0.2) is 4.79 Å². The highest BCUT2D eigenvalue weighted by molar-refractivity contribution is 6.31. The molecule has 0 amide bonds. The zero-order valence-electron chi connectivity index (χ0n) is 6.94. The molecule has 3 N–H and O–H groups in total. The van der Waals surface area contributed by atoms with Crippen molar-refractivity contribution in [2.75, 3.05) is 5.73 Å². The maximum atomic E-state index is 10.7. The van der Waals surface area contributed by atoms with Gasteiger partial charge in [-0.05, 0) is 18.2 Å². The van der Waals surface area contributed by atoms with Crippen molar-refractivity contribution in [3.63, 3.8) is 0 Å². The molecule has 0 spiro atoms. The van der Waals surface area contributed by atoms with E-state index in [-0.39, 0.29) is 5.82 Å². The number of nitrogens with two attached hydrogens (primary N) is 1. The minimum Gasteiger partial charge on any atom is -0.463 e. The molecule has 14 heavy (non-hydrogen) atoms. The van der Waals surface area contributed by atoms with Crippen LogP contribution in [0.1, 0.15) is 0 Å². The van der Waals surface area contributed by atoms with Crippen molar-refractivity contribution in [3.05, 3.63) is 23.2 Å². The predicted molar refractivity (Wildman–Crippen MR) is 52.6 cm³/mol. The monoisotopic (exact) mass is 211 g/mol. The van der Waals surface area contributed by atoms with E-state index in [0.717, 1.165) is 4.68 Å². The second-order valence-electron chi connectivity index (χ2n) is 2.74. The molecule has 0 fully saturated rings. The number of hydrogen-bond donors (Lipinski definition) is 2. The quantitative estimate of drug-likeness (QED) is 0.696. The highest BCUT2D eigenvalue weighted by atomic mass is 35.5. The van der Waals surface area contributed by atoms with Crippen LogP contribution in [0.5, 0.6) is 0 Å². The highest BCUT2D eigenvalue weighted by Gasteiger charge is 2.12. The Kier molecular flexibility index (Phi) is 1.82. The molecule has 0 unspecified atom stereocenters. The molecule has 1 heterocycles. The van der Waals surface area contributed by atoms with Crippen LogP contribution in [-0.2, 0) is 0 Å². The molecule has 2 rings (SSSR count). The summed E-state index contributed by atoms with van der Waals surface area (Å²) in [4.78, 5) is 10.7. The Morgan fingerprint density at radius 2 is 2.29 bits per heavy atom. The third-order valence-corrected chi connectivity index (χ3v) is 2.09. The van der Waals surface area contributed by atoms with Gasteiger partial charge in [0.15, 0.2) is 5.82 Å². The van der Waals surface area contributed by atoms with Crippen molar-refractivity contribution in [2.45, 2.75) is 0 Å². The molecule has 0 aliphatic heterocycles. The average Bonchev–Trinajstić information content (AvgIpc) is 2.43. The molecular weight excluding hydrogens is 206 g/mol. The van der Waals surface area contributed by atoms with E-state index < -0.39 is 6.09 Å². The molecule has 1 aromatic carbocycles. The Morgan fingerprint density at radius 1 is 1.57 bits per heavy atom. The summed E-state index contributed by atoms with van der Waals surface area (Å²) in [6.45, 7) is 0. The van der Waals surface area contributed by atoms with E-state index in [0.29, 0.717) is 15.9 Å². The molecule has 0 atom stereocenters. The summed E-state index contributed by atoms with van der Waals surface area (Å²) in [6, 6.07) is 4.78. The first kappa shape index (κ1) is 8.83. The van der Waals surface area contributed by atoms with Gasteiger partial charge >= 0.3 is 6.09 Å². The second-order valence-corrected chi connectivity index (χ2v) is 3.18. The highest BCUT2D eigenvalue weighted by Crippen LogP contribution is 2.23. The number of benzene rings is 1. The van der Waals surface area contributed by atoms with Crippen molar-refractivity contribution in [1.82, 2.24) is 9.78 Å². The number of carbonyl (C=O) groups is 1. The molecule has 2 aromatic rings. The van der Waals surface area contributed by atoms with E-state index in [1.807, 2.05) is 0 Å². The first-order chi connectivity index (χ1) is 6.59. The van der Waals surface area contributed by atoms with Crippen molar-refractivity contribution in [2.24, 2.45) is 0 Å². The lowest BCUT2D eigenvalue weighted by Gasteiger charge is -1.94. The number of fused-ring (bicyclic) bond motifs is 1. The molecule has 1 aromatic heterocycles. The first-order valence-corrected chi connectivity index (χ1v) is 4.14. The number of hydrogen-bond acceptors (Lipinski definition) is 3. The maximum Gasteiger partial charge on any atom is 0.432 e. The fourth-order valence-electron chi connectivity index (χ4n) is 1.26. The first-order valence-electron chi connectivity index (χ1n) is 3.76. The number of nitrogens with zero attached hydrogens (tertiary/aromatic N) is 2. The molecule has 0 radical (unpaired) electrons.